The van der Waals surface area contributed by atoms with Gasteiger partial charge < -0.3 is 19.6 Å². The number of para-hydroxylation sites is 1. The van der Waals surface area contributed by atoms with Crippen LogP contribution in [0.2, 0.25) is 0 Å². The molecule has 1 fully saturated rings. The standard InChI is InChI=1S/C23H33N3O2.C4H10.C2H6/c1-24(2)10-11-25(17-20-6-5-7-21(16-20)19-27)18-22-8-3-4-9-23(22)26-12-14-28-15-13-26;1-4(2)3;1-2/h3-9,16,27H,10-15,17-19H2,1-2H3;4H,1-3H3;1-2H3. The Kier molecular flexibility index (Phi) is 15.5. The lowest BCUT2D eigenvalue weighted by molar-refractivity contribution is 0.122. The molecular weight excluding hydrogens is 422 g/mol. The zero-order chi connectivity index (χ0) is 25.3. The van der Waals surface area contributed by atoms with Crippen molar-refractivity contribution in [3.05, 3.63) is 65.2 Å². The van der Waals surface area contributed by atoms with Crippen molar-refractivity contribution in [1.29, 1.82) is 0 Å². The maximum absolute atomic E-state index is 9.45. The Bertz CT molecular complexity index is 771. The van der Waals surface area contributed by atoms with Crippen molar-refractivity contribution in [2.45, 2.75) is 54.3 Å². The van der Waals surface area contributed by atoms with E-state index in [2.05, 4.69) is 86.0 Å². The molecule has 1 N–H and O–H groups in total. The van der Waals surface area contributed by atoms with Crippen LogP contribution < -0.4 is 4.90 Å². The first kappa shape index (κ1) is 30.1. The number of nitrogens with zero attached hydrogens (tertiary/aromatic N) is 3. The molecule has 3 rings (SSSR count). The average molecular weight is 472 g/mol. The van der Waals surface area contributed by atoms with Gasteiger partial charge in [0.1, 0.15) is 0 Å². The zero-order valence-electron chi connectivity index (χ0n) is 22.8. The van der Waals surface area contributed by atoms with Gasteiger partial charge in [-0.3, -0.25) is 4.90 Å². The van der Waals surface area contributed by atoms with E-state index < -0.39 is 0 Å². The molecule has 0 aliphatic carbocycles. The molecule has 0 aromatic heterocycles. The third-order valence-corrected chi connectivity index (χ3v) is 5.18. The van der Waals surface area contributed by atoms with Gasteiger partial charge in [0.2, 0.25) is 0 Å². The Hall–Kier alpha value is -1.92. The van der Waals surface area contributed by atoms with Gasteiger partial charge in [0.25, 0.3) is 0 Å². The summed E-state index contributed by atoms with van der Waals surface area (Å²) in [5, 5.41) is 9.45. The Morgan fingerprint density at radius 3 is 2.12 bits per heavy atom. The van der Waals surface area contributed by atoms with Gasteiger partial charge in [-0.25, -0.2) is 0 Å². The van der Waals surface area contributed by atoms with Crippen molar-refractivity contribution >= 4 is 5.69 Å². The van der Waals surface area contributed by atoms with Crippen molar-refractivity contribution in [3.63, 3.8) is 0 Å². The second-order valence-corrected chi connectivity index (χ2v) is 9.45. The molecule has 192 valence electrons. The predicted octanol–water partition coefficient (Wildman–Crippen LogP) is 5.27. The predicted molar refractivity (Wildman–Crippen MR) is 146 cm³/mol. The van der Waals surface area contributed by atoms with Gasteiger partial charge in [-0.1, -0.05) is 77.1 Å². The summed E-state index contributed by atoms with van der Waals surface area (Å²) < 4.78 is 5.53. The minimum atomic E-state index is 0.0887. The van der Waals surface area contributed by atoms with Crippen molar-refractivity contribution in [3.8, 4) is 0 Å². The van der Waals surface area contributed by atoms with Gasteiger partial charge in [-0.05, 0) is 42.8 Å². The maximum Gasteiger partial charge on any atom is 0.0681 e. The third kappa shape index (κ3) is 12.0. The molecule has 0 radical (unpaired) electrons. The number of hydrogen-bond donors (Lipinski definition) is 1. The fourth-order valence-corrected chi connectivity index (χ4v) is 3.64. The first-order valence-electron chi connectivity index (χ1n) is 12.9. The molecule has 0 bridgehead atoms. The quantitative estimate of drug-likeness (QED) is 0.540. The van der Waals surface area contributed by atoms with Gasteiger partial charge in [-0.2, -0.15) is 0 Å². The van der Waals surface area contributed by atoms with Crippen LogP contribution in [-0.4, -0.2) is 68.4 Å². The van der Waals surface area contributed by atoms with Crippen LogP contribution in [0.4, 0.5) is 5.69 Å². The minimum Gasteiger partial charge on any atom is -0.392 e. The van der Waals surface area contributed by atoms with Crippen LogP contribution in [0, 0.1) is 5.92 Å². The van der Waals surface area contributed by atoms with Crippen LogP contribution in [0.3, 0.4) is 0 Å². The number of anilines is 1. The summed E-state index contributed by atoms with van der Waals surface area (Å²) in [5.41, 5.74) is 4.90. The number of morpholine rings is 1. The first-order chi connectivity index (χ1) is 16.4. The van der Waals surface area contributed by atoms with Crippen LogP contribution in [0.25, 0.3) is 0 Å². The fraction of sp³-hybridized carbons (Fsp3) is 0.586. The summed E-state index contributed by atoms with van der Waals surface area (Å²) in [6.45, 7) is 17.9. The number of aliphatic hydroxyl groups is 1. The lowest BCUT2D eigenvalue weighted by Crippen LogP contribution is -2.37. The van der Waals surface area contributed by atoms with Gasteiger partial charge >= 0.3 is 0 Å². The topological polar surface area (TPSA) is 39.2 Å². The summed E-state index contributed by atoms with van der Waals surface area (Å²) in [7, 11) is 4.23. The molecule has 5 heteroatoms. The molecule has 5 nitrogen and oxygen atoms in total. The van der Waals surface area contributed by atoms with E-state index in [4.69, 9.17) is 4.74 Å². The maximum atomic E-state index is 9.45. The van der Waals surface area contributed by atoms with Crippen LogP contribution in [0.1, 0.15) is 51.3 Å². The molecule has 0 spiro atoms. The molecule has 0 unspecified atom stereocenters. The van der Waals surface area contributed by atoms with Crippen LogP contribution in [0.15, 0.2) is 48.5 Å². The molecule has 2 aromatic carbocycles. The van der Waals surface area contributed by atoms with E-state index in [1.54, 1.807) is 0 Å². The third-order valence-electron chi connectivity index (χ3n) is 5.18. The lowest BCUT2D eigenvalue weighted by atomic mass is 10.1. The minimum absolute atomic E-state index is 0.0887. The van der Waals surface area contributed by atoms with E-state index in [1.807, 2.05) is 26.0 Å². The number of likely N-dealkylation sites (N-methyl/N-ethyl adjacent to an activating group) is 1. The van der Waals surface area contributed by atoms with Crippen molar-refractivity contribution in [1.82, 2.24) is 9.80 Å². The van der Waals surface area contributed by atoms with Gasteiger partial charge in [0.05, 0.1) is 19.8 Å². The van der Waals surface area contributed by atoms with E-state index in [0.717, 1.165) is 64.0 Å². The summed E-state index contributed by atoms with van der Waals surface area (Å²) >= 11 is 0. The van der Waals surface area contributed by atoms with E-state index in [0.29, 0.717) is 0 Å². The molecule has 1 aliphatic heterocycles. The Balaban J connectivity index is 0.000000872. The molecule has 0 atom stereocenters. The van der Waals surface area contributed by atoms with Crippen molar-refractivity contribution in [2.24, 2.45) is 5.92 Å². The highest BCUT2D eigenvalue weighted by Crippen LogP contribution is 2.24. The average Bonchev–Trinajstić information content (AvgIpc) is 2.84. The zero-order valence-corrected chi connectivity index (χ0v) is 22.8. The number of benzene rings is 2. The summed E-state index contributed by atoms with van der Waals surface area (Å²) in [5.74, 6) is 0.833. The number of rotatable bonds is 9. The smallest absolute Gasteiger partial charge is 0.0681 e. The Morgan fingerprint density at radius 2 is 1.50 bits per heavy atom. The lowest BCUT2D eigenvalue weighted by Gasteiger charge is -2.32. The molecule has 2 aromatic rings. The molecule has 1 saturated heterocycles. The monoisotopic (exact) mass is 471 g/mol. The van der Waals surface area contributed by atoms with Crippen molar-refractivity contribution < 1.29 is 9.84 Å². The second kappa shape index (κ2) is 17.5. The summed E-state index contributed by atoms with van der Waals surface area (Å²) in [4.78, 5) is 7.16. The fourth-order valence-electron chi connectivity index (χ4n) is 3.64. The summed E-state index contributed by atoms with van der Waals surface area (Å²) in [6, 6.07) is 17.0. The van der Waals surface area contributed by atoms with Crippen LogP contribution >= 0.6 is 0 Å². The normalized spacial score (nSPS) is 13.4. The highest BCUT2D eigenvalue weighted by molar-refractivity contribution is 5.54. The Labute approximate surface area is 209 Å². The Morgan fingerprint density at radius 1 is 0.882 bits per heavy atom. The molecule has 1 heterocycles. The molecular formula is C29H49N3O2. The van der Waals surface area contributed by atoms with Gasteiger partial charge in [0, 0.05) is 45.0 Å². The molecule has 0 saturated carbocycles. The van der Waals surface area contributed by atoms with E-state index in [9.17, 15) is 5.11 Å². The van der Waals surface area contributed by atoms with E-state index >= 15 is 0 Å². The number of hydrogen-bond acceptors (Lipinski definition) is 5. The molecule has 34 heavy (non-hydrogen) atoms. The second-order valence-electron chi connectivity index (χ2n) is 9.45. The van der Waals surface area contributed by atoms with Gasteiger partial charge in [0.15, 0.2) is 0 Å². The summed E-state index contributed by atoms with van der Waals surface area (Å²) in [6.07, 6.45) is 0. The van der Waals surface area contributed by atoms with Crippen molar-refractivity contribution in [2.75, 3.05) is 58.4 Å². The molecule has 1 aliphatic rings. The number of aliphatic hydroxyl groups excluding tert-OH is 1. The van der Waals surface area contributed by atoms with E-state index in [1.165, 1.54) is 16.8 Å². The molecule has 0 amide bonds. The highest BCUT2D eigenvalue weighted by atomic mass is 16.5. The van der Waals surface area contributed by atoms with Gasteiger partial charge in [-0.15, -0.1) is 0 Å². The van der Waals surface area contributed by atoms with Crippen LogP contribution in [0.5, 0.6) is 0 Å². The van der Waals surface area contributed by atoms with E-state index in [-0.39, 0.29) is 6.61 Å². The first-order valence-corrected chi connectivity index (χ1v) is 12.9. The number of ether oxygens (including phenoxy) is 1. The highest BCUT2D eigenvalue weighted by Gasteiger charge is 2.16. The van der Waals surface area contributed by atoms with Crippen LogP contribution in [-0.2, 0) is 24.4 Å². The SMILES string of the molecule is CC.CC(C)C.CN(C)CCN(Cc1cccc(CO)c1)Cc1ccccc1N1CCOCC1. The largest absolute Gasteiger partial charge is 0.392 e.